The number of piperazine rings is 1. The fourth-order valence-corrected chi connectivity index (χ4v) is 3.20. The van der Waals surface area contributed by atoms with E-state index in [1.54, 1.807) is 0 Å². The average molecular weight is 295 g/mol. The number of nitrogens with one attached hydrogen (secondary N) is 1. The van der Waals surface area contributed by atoms with E-state index in [0.29, 0.717) is 6.54 Å². The Bertz CT molecular complexity index is 389. The molecule has 120 valence electrons. The molecule has 1 aliphatic heterocycles. The van der Waals surface area contributed by atoms with E-state index < -0.39 is 5.60 Å². The zero-order valence-corrected chi connectivity index (χ0v) is 13.5. The van der Waals surface area contributed by atoms with Crippen LogP contribution in [0.2, 0.25) is 0 Å². The number of urea groups is 1. The zero-order valence-electron chi connectivity index (χ0n) is 13.5. The van der Waals surface area contributed by atoms with Gasteiger partial charge in [0.2, 0.25) is 0 Å². The SMILES string of the molecule is C[C@@H]1CN(CC(C)(C)O)CCN1C(=O)N[C@H]1C=CCCC1. The topological polar surface area (TPSA) is 55.8 Å². The van der Waals surface area contributed by atoms with Crippen LogP contribution in [0.3, 0.4) is 0 Å². The second-order valence-electron chi connectivity index (χ2n) is 7.01. The number of β-amino-alcohol motifs (C(OH)–C–C–N with tert-alkyl or cyclic N) is 1. The lowest BCUT2D eigenvalue weighted by atomic mass is 10.0. The van der Waals surface area contributed by atoms with Crippen LogP contribution in [-0.4, -0.2) is 64.8 Å². The van der Waals surface area contributed by atoms with Crippen molar-refractivity contribution in [3.8, 4) is 0 Å². The normalized spacial score (nSPS) is 27.7. The summed E-state index contributed by atoms with van der Waals surface area (Å²) in [5.41, 5.74) is -0.683. The molecular weight excluding hydrogens is 266 g/mol. The van der Waals surface area contributed by atoms with Crippen LogP contribution < -0.4 is 5.32 Å². The Hall–Kier alpha value is -1.07. The van der Waals surface area contributed by atoms with Crippen LogP contribution in [0.4, 0.5) is 4.79 Å². The largest absolute Gasteiger partial charge is 0.389 e. The van der Waals surface area contributed by atoms with Crippen LogP contribution in [0.1, 0.15) is 40.0 Å². The average Bonchev–Trinajstić information content (AvgIpc) is 2.37. The smallest absolute Gasteiger partial charge is 0.318 e. The van der Waals surface area contributed by atoms with Gasteiger partial charge in [0.05, 0.1) is 5.60 Å². The van der Waals surface area contributed by atoms with Gasteiger partial charge in [0.25, 0.3) is 0 Å². The highest BCUT2D eigenvalue weighted by Crippen LogP contribution is 2.15. The Morgan fingerprint density at radius 2 is 2.19 bits per heavy atom. The van der Waals surface area contributed by atoms with Crippen molar-refractivity contribution in [2.24, 2.45) is 0 Å². The van der Waals surface area contributed by atoms with Gasteiger partial charge in [-0.1, -0.05) is 12.2 Å². The molecule has 2 N–H and O–H groups in total. The van der Waals surface area contributed by atoms with Gasteiger partial charge in [0, 0.05) is 38.3 Å². The fourth-order valence-electron chi connectivity index (χ4n) is 3.20. The van der Waals surface area contributed by atoms with Gasteiger partial charge in [-0.15, -0.1) is 0 Å². The summed E-state index contributed by atoms with van der Waals surface area (Å²) >= 11 is 0. The number of rotatable bonds is 3. The van der Waals surface area contributed by atoms with Crippen molar-refractivity contribution in [3.05, 3.63) is 12.2 Å². The minimum absolute atomic E-state index is 0.0435. The second kappa shape index (κ2) is 6.79. The molecule has 1 saturated heterocycles. The monoisotopic (exact) mass is 295 g/mol. The second-order valence-corrected chi connectivity index (χ2v) is 7.01. The molecule has 0 aromatic carbocycles. The van der Waals surface area contributed by atoms with Crippen LogP contribution in [0.25, 0.3) is 0 Å². The van der Waals surface area contributed by atoms with Gasteiger partial charge < -0.3 is 15.3 Å². The molecule has 0 bridgehead atoms. The summed E-state index contributed by atoms with van der Waals surface area (Å²) in [4.78, 5) is 16.5. The molecular formula is C16H29N3O2. The Morgan fingerprint density at radius 3 is 2.76 bits per heavy atom. The van der Waals surface area contributed by atoms with Crippen molar-refractivity contribution in [3.63, 3.8) is 0 Å². The Balaban J connectivity index is 1.83. The highest BCUT2D eigenvalue weighted by atomic mass is 16.3. The van der Waals surface area contributed by atoms with Crippen LogP contribution >= 0.6 is 0 Å². The van der Waals surface area contributed by atoms with E-state index in [0.717, 1.165) is 38.9 Å². The fraction of sp³-hybridized carbons (Fsp3) is 0.812. The van der Waals surface area contributed by atoms with Crippen LogP contribution in [-0.2, 0) is 0 Å². The first-order chi connectivity index (χ1) is 9.85. The summed E-state index contributed by atoms with van der Waals surface area (Å²) in [6.45, 7) is 8.74. The predicted octanol–water partition coefficient (Wildman–Crippen LogP) is 1.58. The molecule has 0 aromatic rings. The maximum Gasteiger partial charge on any atom is 0.318 e. The summed E-state index contributed by atoms with van der Waals surface area (Å²) < 4.78 is 0. The van der Waals surface area contributed by atoms with Crippen LogP contribution in [0.15, 0.2) is 12.2 Å². The molecule has 2 atom stereocenters. The molecule has 5 heteroatoms. The van der Waals surface area contributed by atoms with Crippen LogP contribution in [0.5, 0.6) is 0 Å². The number of hydrogen-bond donors (Lipinski definition) is 2. The molecule has 2 aliphatic rings. The van der Waals surface area contributed by atoms with E-state index in [1.807, 2.05) is 18.7 Å². The standard InChI is InChI=1S/C16H29N3O2/c1-13-11-18(12-16(2,3)21)9-10-19(13)15(20)17-14-7-5-4-6-8-14/h5,7,13-14,21H,4,6,8-12H2,1-3H3,(H,17,20)/t13-,14+/m1/s1. The van der Waals surface area contributed by atoms with E-state index in [4.69, 9.17) is 0 Å². The van der Waals surface area contributed by atoms with Gasteiger partial charge in [0.15, 0.2) is 0 Å². The third-order valence-electron chi connectivity index (χ3n) is 4.15. The molecule has 0 saturated carbocycles. The number of nitrogens with zero attached hydrogens (tertiary/aromatic N) is 2. The zero-order chi connectivity index (χ0) is 15.5. The lowest BCUT2D eigenvalue weighted by Gasteiger charge is -2.42. The molecule has 1 heterocycles. The number of carbonyl (C=O) groups excluding carboxylic acids is 1. The van der Waals surface area contributed by atoms with Crippen molar-refractivity contribution in [1.29, 1.82) is 0 Å². The molecule has 5 nitrogen and oxygen atoms in total. The molecule has 0 spiro atoms. The van der Waals surface area contributed by atoms with Crippen molar-refractivity contribution >= 4 is 6.03 Å². The lowest BCUT2D eigenvalue weighted by molar-refractivity contribution is 0.0118. The van der Waals surface area contributed by atoms with E-state index in [2.05, 4.69) is 29.3 Å². The highest BCUT2D eigenvalue weighted by molar-refractivity contribution is 5.75. The van der Waals surface area contributed by atoms with Gasteiger partial charge in [-0.25, -0.2) is 4.79 Å². The number of amides is 2. The molecule has 1 aliphatic carbocycles. The van der Waals surface area contributed by atoms with Gasteiger partial charge in [-0.05, 0) is 40.0 Å². The van der Waals surface area contributed by atoms with Crippen LogP contribution in [0, 0.1) is 0 Å². The number of allylic oxidation sites excluding steroid dienone is 1. The number of carbonyl (C=O) groups is 1. The first-order valence-electron chi connectivity index (χ1n) is 8.04. The number of aliphatic hydroxyl groups is 1. The molecule has 0 aromatic heterocycles. The van der Waals surface area contributed by atoms with Crippen molar-refractivity contribution < 1.29 is 9.90 Å². The van der Waals surface area contributed by atoms with Crippen molar-refractivity contribution in [2.45, 2.75) is 57.7 Å². The summed E-state index contributed by atoms with van der Waals surface area (Å²) in [5, 5.41) is 13.0. The first kappa shape index (κ1) is 16.3. The van der Waals surface area contributed by atoms with E-state index in [-0.39, 0.29) is 18.1 Å². The summed E-state index contributed by atoms with van der Waals surface area (Å²) in [7, 11) is 0. The minimum Gasteiger partial charge on any atom is -0.389 e. The van der Waals surface area contributed by atoms with Crippen molar-refractivity contribution in [1.82, 2.24) is 15.1 Å². The Morgan fingerprint density at radius 1 is 1.43 bits per heavy atom. The maximum absolute atomic E-state index is 12.4. The molecule has 21 heavy (non-hydrogen) atoms. The minimum atomic E-state index is -0.683. The predicted molar refractivity (Wildman–Crippen MR) is 84.2 cm³/mol. The van der Waals surface area contributed by atoms with Gasteiger partial charge in [-0.3, -0.25) is 4.90 Å². The highest BCUT2D eigenvalue weighted by Gasteiger charge is 2.30. The molecule has 2 rings (SSSR count). The third kappa shape index (κ3) is 5.00. The quantitative estimate of drug-likeness (QED) is 0.777. The molecule has 0 unspecified atom stereocenters. The lowest BCUT2D eigenvalue weighted by Crippen LogP contribution is -2.59. The maximum atomic E-state index is 12.4. The van der Waals surface area contributed by atoms with Gasteiger partial charge in [0.1, 0.15) is 0 Å². The first-order valence-corrected chi connectivity index (χ1v) is 8.04. The van der Waals surface area contributed by atoms with E-state index >= 15 is 0 Å². The summed E-state index contributed by atoms with van der Waals surface area (Å²) in [6, 6.07) is 0.406. The molecule has 1 fully saturated rings. The van der Waals surface area contributed by atoms with Gasteiger partial charge in [-0.2, -0.15) is 0 Å². The Kier molecular flexibility index (Phi) is 5.27. The van der Waals surface area contributed by atoms with E-state index in [9.17, 15) is 9.90 Å². The Labute approximate surface area is 128 Å². The van der Waals surface area contributed by atoms with Crippen molar-refractivity contribution in [2.75, 3.05) is 26.2 Å². The third-order valence-corrected chi connectivity index (χ3v) is 4.15. The number of hydrogen-bond acceptors (Lipinski definition) is 3. The summed E-state index contributed by atoms with van der Waals surface area (Å²) in [6.07, 6.45) is 7.57. The molecule has 2 amide bonds. The van der Waals surface area contributed by atoms with E-state index in [1.165, 1.54) is 0 Å². The van der Waals surface area contributed by atoms with Gasteiger partial charge >= 0.3 is 6.03 Å². The molecule has 0 radical (unpaired) electrons. The summed E-state index contributed by atoms with van der Waals surface area (Å²) in [5.74, 6) is 0.